The number of hydrogen-bond acceptors (Lipinski definition) is 2. The third kappa shape index (κ3) is 4.39. The van der Waals surface area contributed by atoms with Gasteiger partial charge in [0.25, 0.3) is 0 Å². The molecule has 0 amide bonds. The Labute approximate surface area is 66.8 Å². The van der Waals surface area contributed by atoms with Gasteiger partial charge >= 0.3 is 0 Å². The predicted molar refractivity (Wildman–Crippen MR) is 43.8 cm³/mol. The number of para-hydroxylation sites is 1. The van der Waals surface area contributed by atoms with Crippen molar-refractivity contribution in [1.29, 1.82) is 0 Å². The monoisotopic (exact) mass is 152 g/mol. The second-order valence-corrected chi connectivity index (χ2v) is 2.13. The molecule has 0 saturated carbocycles. The van der Waals surface area contributed by atoms with Gasteiger partial charge in [0, 0.05) is 0 Å². The van der Waals surface area contributed by atoms with E-state index in [-0.39, 0.29) is 0 Å². The van der Waals surface area contributed by atoms with Crippen LogP contribution in [-0.2, 0) is 4.74 Å². The molecule has 60 valence electrons. The van der Waals surface area contributed by atoms with E-state index < -0.39 is 0 Å². The first-order valence-corrected chi connectivity index (χ1v) is 3.60. The van der Waals surface area contributed by atoms with Gasteiger partial charge in [0.15, 0.2) is 0 Å². The summed E-state index contributed by atoms with van der Waals surface area (Å²) in [6.07, 6.45) is 0. The molecule has 1 aromatic carbocycles. The lowest BCUT2D eigenvalue weighted by molar-refractivity contribution is 0.415. The Morgan fingerprint density at radius 3 is 2.00 bits per heavy atom. The maximum atomic E-state index is 4.91. The zero-order valence-electron chi connectivity index (χ0n) is 6.62. The largest absolute Gasteiger partial charge is 0.497 e. The van der Waals surface area contributed by atoms with Crippen molar-refractivity contribution in [2.45, 2.75) is 0 Å². The summed E-state index contributed by atoms with van der Waals surface area (Å²) >= 11 is 0. The molecule has 1 fully saturated rings. The van der Waals surface area contributed by atoms with Crippen LogP contribution in [0.15, 0.2) is 30.3 Å². The average Bonchev–Trinajstić information content (AvgIpc) is 2.92. The Morgan fingerprint density at radius 2 is 1.73 bits per heavy atom. The number of methoxy groups -OCH3 is 1. The molecule has 1 aliphatic rings. The van der Waals surface area contributed by atoms with Crippen LogP contribution in [-0.4, -0.2) is 20.3 Å². The Morgan fingerprint density at radius 1 is 1.18 bits per heavy atom. The second-order valence-electron chi connectivity index (χ2n) is 2.13. The highest BCUT2D eigenvalue weighted by Crippen LogP contribution is 2.05. The fourth-order valence-corrected chi connectivity index (χ4v) is 0.557. The molecule has 1 aromatic rings. The van der Waals surface area contributed by atoms with Gasteiger partial charge in [-0.3, -0.25) is 0 Å². The summed E-state index contributed by atoms with van der Waals surface area (Å²) in [5.41, 5.74) is 0. The van der Waals surface area contributed by atoms with E-state index in [1.807, 2.05) is 30.3 Å². The van der Waals surface area contributed by atoms with Crippen molar-refractivity contribution in [3.63, 3.8) is 0 Å². The highest BCUT2D eigenvalue weighted by Gasteiger charge is 1.94. The van der Waals surface area contributed by atoms with E-state index in [4.69, 9.17) is 4.74 Å². The van der Waals surface area contributed by atoms with E-state index in [9.17, 15) is 0 Å². The van der Waals surface area contributed by atoms with E-state index >= 15 is 0 Å². The van der Waals surface area contributed by atoms with Gasteiger partial charge < -0.3 is 9.47 Å². The number of ether oxygens (including phenoxy) is 2. The van der Waals surface area contributed by atoms with Gasteiger partial charge in [0.2, 0.25) is 0 Å². The molecule has 2 rings (SSSR count). The molecule has 2 heteroatoms. The van der Waals surface area contributed by atoms with Gasteiger partial charge in [-0.25, -0.2) is 0 Å². The predicted octanol–water partition coefficient (Wildman–Crippen LogP) is 1.71. The summed E-state index contributed by atoms with van der Waals surface area (Å²) in [5, 5.41) is 0. The fourth-order valence-electron chi connectivity index (χ4n) is 0.557. The van der Waals surface area contributed by atoms with Crippen molar-refractivity contribution in [2.24, 2.45) is 0 Å². The van der Waals surface area contributed by atoms with Crippen LogP contribution in [0.2, 0.25) is 0 Å². The molecule has 1 aliphatic heterocycles. The molecule has 11 heavy (non-hydrogen) atoms. The fraction of sp³-hybridized carbons (Fsp3) is 0.333. The van der Waals surface area contributed by atoms with Crippen molar-refractivity contribution in [2.75, 3.05) is 20.3 Å². The molecule has 0 spiro atoms. The smallest absolute Gasteiger partial charge is 0.118 e. The SMILES string of the molecule is C1CO1.COc1ccccc1. The van der Waals surface area contributed by atoms with Crippen LogP contribution in [0, 0.1) is 0 Å². The molecular weight excluding hydrogens is 140 g/mol. The molecule has 1 saturated heterocycles. The molecule has 0 aliphatic carbocycles. The van der Waals surface area contributed by atoms with Gasteiger partial charge in [-0.05, 0) is 12.1 Å². The molecule has 0 unspecified atom stereocenters. The third-order valence-electron chi connectivity index (χ3n) is 1.18. The standard InChI is InChI=1S/C7H8O.C2H4O/c1-8-7-5-3-2-4-6-7;1-2-3-1/h2-6H,1H3;1-2H2. The van der Waals surface area contributed by atoms with Crippen molar-refractivity contribution in [3.8, 4) is 5.75 Å². The van der Waals surface area contributed by atoms with Crippen LogP contribution in [0.4, 0.5) is 0 Å². The zero-order valence-corrected chi connectivity index (χ0v) is 6.62. The summed E-state index contributed by atoms with van der Waals surface area (Å²) in [6.45, 7) is 2.00. The van der Waals surface area contributed by atoms with Gasteiger partial charge in [-0.15, -0.1) is 0 Å². The second kappa shape index (κ2) is 4.74. The lowest BCUT2D eigenvalue weighted by Gasteiger charge is -1.93. The minimum absolute atomic E-state index is 0.910. The Balaban J connectivity index is 0.000000167. The van der Waals surface area contributed by atoms with E-state index in [1.165, 1.54) is 0 Å². The van der Waals surface area contributed by atoms with E-state index in [1.54, 1.807) is 7.11 Å². The molecule has 0 atom stereocenters. The quantitative estimate of drug-likeness (QED) is 0.571. The minimum atomic E-state index is 0.910. The van der Waals surface area contributed by atoms with Crippen LogP contribution in [0.5, 0.6) is 5.75 Å². The molecule has 1 heterocycles. The number of epoxide rings is 1. The first kappa shape index (κ1) is 8.08. The summed E-state index contributed by atoms with van der Waals surface area (Å²) < 4.78 is 9.41. The Hall–Kier alpha value is -1.02. The average molecular weight is 152 g/mol. The van der Waals surface area contributed by atoms with Crippen molar-refractivity contribution < 1.29 is 9.47 Å². The molecule has 2 nitrogen and oxygen atoms in total. The highest BCUT2D eigenvalue weighted by molar-refractivity contribution is 5.20. The zero-order chi connectivity index (χ0) is 7.94. The van der Waals surface area contributed by atoms with Crippen LogP contribution in [0.1, 0.15) is 0 Å². The topological polar surface area (TPSA) is 21.8 Å². The van der Waals surface area contributed by atoms with Crippen LogP contribution >= 0.6 is 0 Å². The van der Waals surface area contributed by atoms with Gasteiger partial charge in [-0.1, -0.05) is 18.2 Å². The van der Waals surface area contributed by atoms with Crippen molar-refractivity contribution >= 4 is 0 Å². The summed E-state index contributed by atoms with van der Waals surface area (Å²) in [5.74, 6) is 0.910. The van der Waals surface area contributed by atoms with E-state index in [0.29, 0.717) is 0 Å². The van der Waals surface area contributed by atoms with Gasteiger partial charge in [0.05, 0.1) is 20.3 Å². The van der Waals surface area contributed by atoms with Crippen LogP contribution in [0.3, 0.4) is 0 Å². The Kier molecular flexibility index (Phi) is 3.48. The normalized spacial score (nSPS) is 12.8. The van der Waals surface area contributed by atoms with Crippen molar-refractivity contribution in [3.05, 3.63) is 30.3 Å². The third-order valence-corrected chi connectivity index (χ3v) is 1.18. The number of benzene rings is 1. The first-order chi connectivity index (χ1) is 5.43. The molecular formula is C9H12O2. The highest BCUT2D eigenvalue weighted by atomic mass is 16.6. The number of hydrogen-bond donors (Lipinski definition) is 0. The summed E-state index contributed by atoms with van der Waals surface area (Å²) in [4.78, 5) is 0. The maximum Gasteiger partial charge on any atom is 0.118 e. The minimum Gasteiger partial charge on any atom is -0.497 e. The van der Waals surface area contributed by atoms with Crippen molar-refractivity contribution in [1.82, 2.24) is 0 Å². The number of rotatable bonds is 1. The summed E-state index contributed by atoms with van der Waals surface area (Å²) in [6, 6.07) is 9.68. The van der Waals surface area contributed by atoms with Gasteiger partial charge in [0.1, 0.15) is 5.75 Å². The molecule has 0 aromatic heterocycles. The van der Waals surface area contributed by atoms with Crippen LogP contribution < -0.4 is 4.74 Å². The summed E-state index contributed by atoms with van der Waals surface area (Å²) in [7, 11) is 1.66. The lowest BCUT2D eigenvalue weighted by atomic mass is 10.3. The molecule has 0 bridgehead atoms. The van der Waals surface area contributed by atoms with Gasteiger partial charge in [-0.2, -0.15) is 0 Å². The first-order valence-electron chi connectivity index (χ1n) is 3.60. The van der Waals surface area contributed by atoms with E-state index in [0.717, 1.165) is 19.0 Å². The molecule has 0 N–H and O–H groups in total. The molecule has 0 radical (unpaired) electrons. The van der Waals surface area contributed by atoms with E-state index in [2.05, 4.69) is 4.74 Å². The maximum absolute atomic E-state index is 4.91. The lowest BCUT2D eigenvalue weighted by Crippen LogP contribution is -1.78. The Bertz CT molecular complexity index is 179. The van der Waals surface area contributed by atoms with Crippen LogP contribution in [0.25, 0.3) is 0 Å².